The summed E-state index contributed by atoms with van der Waals surface area (Å²) < 4.78 is 38.0. The van der Waals surface area contributed by atoms with Crippen LogP contribution in [0.25, 0.3) is 0 Å². The van der Waals surface area contributed by atoms with Crippen molar-refractivity contribution < 1.29 is 18.0 Å². The topological polar surface area (TPSA) is 67.5 Å². The lowest BCUT2D eigenvalue weighted by atomic mass is 10.0. The summed E-state index contributed by atoms with van der Waals surface area (Å²) in [5.74, 6) is 0. The van der Waals surface area contributed by atoms with Crippen LogP contribution in [0.2, 0.25) is 0 Å². The smallest absolute Gasteiger partial charge is 0.350 e. The molecule has 3 N–H and O–H groups in total. The second kappa shape index (κ2) is 5.52. The molecule has 0 aliphatic carbocycles. The Morgan fingerprint density at radius 2 is 2.00 bits per heavy atom. The predicted molar refractivity (Wildman–Crippen MR) is 61.0 cm³/mol. The van der Waals surface area contributed by atoms with E-state index in [0.29, 0.717) is 5.71 Å². The van der Waals surface area contributed by atoms with Crippen LogP contribution >= 0.6 is 0 Å². The van der Waals surface area contributed by atoms with Gasteiger partial charge in [-0.1, -0.05) is 18.2 Å². The van der Waals surface area contributed by atoms with Crippen LogP contribution in [0, 0.1) is 0 Å². The first-order valence-corrected chi connectivity index (χ1v) is 5.04. The lowest BCUT2D eigenvalue weighted by Gasteiger charge is -2.12. The van der Waals surface area contributed by atoms with Crippen LogP contribution in [0.1, 0.15) is 18.1 Å². The summed E-state index contributed by atoms with van der Waals surface area (Å²) in [7, 11) is 0. The van der Waals surface area contributed by atoms with Crippen molar-refractivity contribution >= 4 is 11.7 Å². The molecule has 0 aliphatic rings. The Balaban J connectivity index is 2.91. The summed E-state index contributed by atoms with van der Waals surface area (Å²) in [4.78, 5) is 10.4. The van der Waals surface area contributed by atoms with Crippen molar-refractivity contribution in [3.8, 4) is 0 Å². The van der Waals surface area contributed by atoms with Crippen LogP contribution < -0.4 is 11.2 Å². The summed E-state index contributed by atoms with van der Waals surface area (Å²) in [6.07, 6.45) is -4.43. The normalized spacial score (nSPS) is 12.3. The largest absolute Gasteiger partial charge is 0.416 e. The number of amides is 2. The molecule has 2 amide bonds. The minimum absolute atomic E-state index is 0.0179. The van der Waals surface area contributed by atoms with Crippen LogP contribution in [0.4, 0.5) is 18.0 Å². The van der Waals surface area contributed by atoms with Gasteiger partial charge in [0.1, 0.15) is 0 Å². The highest BCUT2D eigenvalue weighted by Crippen LogP contribution is 2.32. The fourth-order valence-electron chi connectivity index (χ4n) is 1.42. The maximum atomic E-state index is 12.7. The number of rotatable bonds is 3. The van der Waals surface area contributed by atoms with Gasteiger partial charge < -0.3 is 5.73 Å². The third kappa shape index (κ3) is 4.08. The summed E-state index contributed by atoms with van der Waals surface area (Å²) in [5, 5.41) is 3.57. The Labute approximate surface area is 102 Å². The second-order valence-electron chi connectivity index (χ2n) is 3.65. The Kier molecular flexibility index (Phi) is 4.30. The number of carbonyl (C=O) groups excluding carboxylic acids is 1. The maximum Gasteiger partial charge on any atom is 0.416 e. The number of alkyl halides is 3. The molecule has 0 aliphatic heterocycles. The quantitative estimate of drug-likeness (QED) is 0.634. The van der Waals surface area contributed by atoms with Crippen molar-refractivity contribution in [1.82, 2.24) is 5.43 Å². The third-order valence-corrected chi connectivity index (χ3v) is 2.13. The zero-order valence-corrected chi connectivity index (χ0v) is 9.58. The summed E-state index contributed by atoms with van der Waals surface area (Å²) in [5.41, 5.74) is 6.48. The van der Waals surface area contributed by atoms with Crippen molar-refractivity contribution in [2.45, 2.75) is 19.5 Å². The van der Waals surface area contributed by atoms with Gasteiger partial charge in [0.15, 0.2) is 0 Å². The highest BCUT2D eigenvalue weighted by atomic mass is 19.4. The van der Waals surface area contributed by atoms with Crippen molar-refractivity contribution in [3.05, 3.63) is 35.4 Å². The van der Waals surface area contributed by atoms with Crippen molar-refractivity contribution in [2.75, 3.05) is 0 Å². The van der Waals surface area contributed by atoms with Gasteiger partial charge in [0.2, 0.25) is 0 Å². The van der Waals surface area contributed by atoms with Gasteiger partial charge >= 0.3 is 12.2 Å². The van der Waals surface area contributed by atoms with Crippen molar-refractivity contribution in [1.29, 1.82) is 0 Å². The summed E-state index contributed by atoms with van der Waals surface area (Å²) in [6, 6.07) is 4.34. The number of primary amides is 1. The average molecular weight is 259 g/mol. The van der Waals surface area contributed by atoms with E-state index in [1.165, 1.54) is 25.1 Å². The van der Waals surface area contributed by atoms with Gasteiger partial charge in [-0.05, 0) is 18.6 Å². The average Bonchev–Trinajstić information content (AvgIpc) is 2.25. The third-order valence-electron chi connectivity index (χ3n) is 2.13. The molecule has 0 saturated heterocycles. The monoisotopic (exact) mass is 259 g/mol. The molecule has 0 atom stereocenters. The van der Waals surface area contributed by atoms with Gasteiger partial charge in [0, 0.05) is 12.1 Å². The Bertz CT molecular complexity index is 469. The van der Waals surface area contributed by atoms with Crippen LogP contribution in [-0.4, -0.2) is 11.7 Å². The maximum absolute atomic E-state index is 12.7. The van der Waals surface area contributed by atoms with E-state index in [9.17, 15) is 18.0 Å². The number of nitrogens with zero attached hydrogens (tertiary/aromatic N) is 1. The van der Waals surface area contributed by atoms with E-state index in [2.05, 4.69) is 5.10 Å². The molecule has 0 spiro atoms. The minimum atomic E-state index is -4.41. The molecule has 0 radical (unpaired) electrons. The molecule has 1 rings (SSSR count). The number of nitrogens with two attached hydrogens (primary N) is 1. The Morgan fingerprint density at radius 3 is 2.56 bits per heavy atom. The van der Waals surface area contributed by atoms with Crippen LogP contribution in [-0.2, 0) is 12.6 Å². The molecule has 18 heavy (non-hydrogen) atoms. The van der Waals surface area contributed by atoms with Gasteiger partial charge in [-0.3, -0.25) is 0 Å². The summed E-state index contributed by atoms with van der Waals surface area (Å²) in [6.45, 7) is 1.50. The number of urea groups is 1. The van der Waals surface area contributed by atoms with Gasteiger partial charge in [-0.25, -0.2) is 10.2 Å². The molecule has 7 heteroatoms. The molecule has 0 heterocycles. The zero-order valence-electron chi connectivity index (χ0n) is 9.58. The molecule has 0 unspecified atom stereocenters. The standard InChI is InChI=1S/C11H12F3N3O/c1-7(16-17-10(15)18)6-8-4-2-3-5-9(8)11(12,13)14/h2-5H,6H2,1H3,(H3,15,17,18). The fourth-order valence-corrected chi connectivity index (χ4v) is 1.42. The first-order valence-electron chi connectivity index (χ1n) is 5.04. The number of nitrogens with one attached hydrogen (secondary N) is 1. The fraction of sp³-hybridized carbons (Fsp3) is 0.273. The van der Waals surface area contributed by atoms with E-state index in [1.54, 1.807) is 0 Å². The molecule has 0 saturated carbocycles. The van der Waals surface area contributed by atoms with E-state index in [4.69, 9.17) is 5.73 Å². The van der Waals surface area contributed by atoms with Crippen molar-refractivity contribution in [2.24, 2.45) is 10.8 Å². The molecule has 1 aromatic carbocycles. The minimum Gasteiger partial charge on any atom is -0.350 e. The van der Waals surface area contributed by atoms with E-state index < -0.39 is 17.8 Å². The highest BCUT2D eigenvalue weighted by Gasteiger charge is 2.32. The van der Waals surface area contributed by atoms with Crippen LogP contribution in [0.15, 0.2) is 29.4 Å². The van der Waals surface area contributed by atoms with Crippen molar-refractivity contribution in [3.63, 3.8) is 0 Å². The lowest BCUT2D eigenvalue weighted by Crippen LogP contribution is -2.25. The van der Waals surface area contributed by atoms with E-state index in [0.717, 1.165) is 6.07 Å². The van der Waals surface area contributed by atoms with Gasteiger partial charge in [-0.15, -0.1) is 0 Å². The number of hydrogen-bond acceptors (Lipinski definition) is 2. The predicted octanol–water partition coefficient (Wildman–Crippen LogP) is 2.29. The lowest BCUT2D eigenvalue weighted by molar-refractivity contribution is -0.138. The highest BCUT2D eigenvalue weighted by molar-refractivity contribution is 5.85. The molecule has 0 bridgehead atoms. The number of carbonyl (C=O) groups is 1. The van der Waals surface area contributed by atoms with E-state index in [-0.39, 0.29) is 12.0 Å². The molecule has 0 aromatic heterocycles. The number of hydrogen-bond donors (Lipinski definition) is 2. The van der Waals surface area contributed by atoms with Crippen LogP contribution in [0.3, 0.4) is 0 Å². The van der Waals surface area contributed by atoms with Gasteiger partial charge in [-0.2, -0.15) is 18.3 Å². The molecule has 98 valence electrons. The second-order valence-corrected chi connectivity index (χ2v) is 3.65. The molecular weight excluding hydrogens is 247 g/mol. The number of hydrazone groups is 1. The zero-order chi connectivity index (χ0) is 13.8. The SMILES string of the molecule is CC(Cc1ccccc1C(F)(F)F)=NNC(N)=O. The van der Waals surface area contributed by atoms with Gasteiger partial charge in [0.25, 0.3) is 0 Å². The summed E-state index contributed by atoms with van der Waals surface area (Å²) >= 11 is 0. The molecule has 1 aromatic rings. The van der Waals surface area contributed by atoms with E-state index in [1.807, 2.05) is 5.43 Å². The Morgan fingerprint density at radius 1 is 1.39 bits per heavy atom. The Hall–Kier alpha value is -2.05. The first-order chi connectivity index (χ1) is 8.30. The molecular formula is C11H12F3N3O. The number of benzene rings is 1. The van der Waals surface area contributed by atoms with Crippen LogP contribution in [0.5, 0.6) is 0 Å². The first kappa shape index (κ1) is 14.0. The van der Waals surface area contributed by atoms with Gasteiger partial charge in [0.05, 0.1) is 5.56 Å². The molecule has 0 fully saturated rings. The molecule has 4 nitrogen and oxygen atoms in total. The van der Waals surface area contributed by atoms with E-state index >= 15 is 0 Å². The number of halogens is 3.